The van der Waals surface area contributed by atoms with Gasteiger partial charge in [-0.2, -0.15) is 0 Å². The molecule has 2 aromatic rings. The van der Waals surface area contributed by atoms with Crippen molar-refractivity contribution in [2.75, 3.05) is 0 Å². The van der Waals surface area contributed by atoms with Crippen LogP contribution in [0.2, 0.25) is 10.0 Å². The molecule has 0 aliphatic heterocycles. The normalized spacial score (nSPS) is 10.3. The molecule has 0 heterocycles. The first-order valence-corrected chi connectivity index (χ1v) is 7.12. The lowest BCUT2D eigenvalue weighted by Gasteiger charge is -2.12. The minimum atomic E-state index is -1.14. The zero-order valence-electron chi connectivity index (χ0n) is 10.1. The van der Waals surface area contributed by atoms with Crippen LogP contribution in [-0.4, -0.2) is 11.1 Å². The zero-order valence-corrected chi connectivity index (χ0v) is 13.2. The maximum Gasteiger partial charge on any atom is 0.339 e. The predicted octanol–water partition coefficient (Wildman–Crippen LogP) is 5.03. The third kappa shape index (κ3) is 3.45. The van der Waals surface area contributed by atoms with E-state index in [9.17, 15) is 4.79 Å². The van der Waals surface area contributed by atoms with Gasteiger partial charge in [-0.05, 0) is 18.2 Å². The highest BCUT2D eigenvalue weighted by Gasteiger charge is 2.17. The number of benzene rings is 2. The van der Waals surface area contributed by atoms with Crippen LogP contribution in [0.1, 0.15) is 15.9 Å². The average Bonchev–Trinajstić information content (AvgIpc) is 2.38. The molecule has 0 amide bonds. The molecule has 6 heteroatoms. The number of carboxylic acids is 1. The Hall–Kier alpha value is -1.23. The summed E-state index contributed by atoms with van der Waals surface area (Å²) >= 11 is 15.2. The number of aromatic carboxylic acids is 1. The van der Waals surface area contributed by atoms with Crippen molar-refractivity contribution >= 4 is 45.1 Å². The lowest BCUT2D eigenvalue weighted by Crippen LogP contribution is -2.04. The van der Waals surface area contributed by atoms with Crippen molar-refractivity contribution < 1.29 is 14.6 Å². The molecule has 0 aliphatic carbocycles. The maximum absolute atomic E-state index is 11.2. The van der Waals surface area contributed by atoms with Crippen molar-refractivity contribution in [3.05, 3.63) is 62.0 Å². The number of halogens is 3. The quantitative estimate of drug-likeness (QED) is 0.814. The highest BCUT2D eigenvalue weighted by Crippen LogP contribution is 2.33. The van der Waals surface area contributed by atoms with E-state index >= 15 is 0 Å². The van der Waals surface area contributed by atoms with Crippen LogP contribution in [0, 0.1) is 0 Å². The Labute approximate surface area is 134 Å². The Balaban J connectivity index is 2.30. The van der Waals surface area contributed by atoms with Crippen molar-refractivity contribution in [3.63, 3.8) is 0 Å². The summed E-state index contributed by atoms with van der Waals surface area (Å²) in [6, 6.07) is 10.3. The van der Waals surface area contributed by atoms with Crippen molar-refractivity contribution in [2.45, 2.75) is 6.61 Å². The smallest absolute Gasteiger partial charge is 0.339 e. The van der Waals surface area contributed by atoms with E-state index in [1.807, 2.05) is 24.3 Å². The number of hydrogen-bond donors (Lipinski definition) is 1. The molecule has 0 aromatic heterocycles. The van der Waals surface area contributed by atoms with Crippen LogP contribution in [0.3, 0.4) is 0 Å². The lowest BCUT2D eigenvalue weighted by atomic mass is 10.2. The van der Waals surface area contributed by atoms with Crippen molar-refractivity contribution in [2.24, 2.45) is 0 Å². The van der Waals surface area contributed by atoms with Crippen LogP contribution in [0.15, 0.2) is 40.9 Å². The number of hydrogen-bond acceptors (Lipinski definition) is 2. The summed E-state index contributed by atoms with van der Waals surface area (Å²) in [5.41, 5.74) is 0.824. The third-order valence-electron chi connectivity index (χ3n) is 2.57. The minimum Gasteiger partial charge on any atom is -0.486 e. The lowest BCUT2D eigenvalue weighted by molar-refractivity contribution is 0.0691. The van der Waals surface area contributed by atoms with E-state index < -0.39 is 5.97 Å². The first kappa shape index (κ1) is 15.2. The van der Waals surface area contributed by atoms with Crippen LogP contribution in [0.5, 0.6) is 5.75 Å². The second kappa shape index (κ2) is 6.48. The van der Waals surface area contributed by atoms with Gasteiger partial charge >= 0.3 is 5.97 Å². The van der Waals surface area contributed by atoms with Crippen LogP contribution in [-0.2, 0) is 6.61 Å². The fraction of sp³-hybridized carbons (Fsp3) is 0.0714. The van der Waals surface area contributed by atoms with Crippen LogP contribution < -0.4 is 4.74 Å². The Bertz CT molecular complexity index is 659. The first-order chi connectivity index (χ1) is 9.49. The molecule has 2 rings (SSSR count). The Morgan fingerprint density at radius 2 is 1.95 bits per heavy atom. The molecule has 1 N–H and O–H groups in total. The van der Waals surface area contributed by atoms with Crippen LogP contribution in [0.25, 0.3) is 0 Å². The fourth-order valence-corrected chi connectivity index (χ4v) is 2.58. The minimum absolute atomic E-state index is 0.0606. The average molecular weight is 376 g/mol. The molecular weight excluding hydrogens is 367 g/mol. The monoisotopic (exact) mass is 374 g/mol. The summed E-state index contributed by atoms with van der Waals surface area (Å²) in [6.45, 7) is 0.197. The van der Waals surface area contributed by atoms with E-state index in [1.54, 1.807) is 0 Å². The van der Waals surface area contributed by atoms with Gasteiger partial charge in [-0.15, -0.1) is 0 Å². The van der Waals surface area contributed by atoms with Gasteiger partial charge in [0.05, 0.1) is 5.02 Å². The second-order valence-electron chi connectivity index (χ2n) is 3.95. The maximum atomic E-state index is 11.2. The van der Waals surface area contributed by atoms with Crippen molar-refractivity contribution in [1.82, 2.24) is 0 Å². The van der Waals surface area contributed by atoms with Gasteiger partial charge < -0.3 is 9.84 Å². The van der Waals surface area contributed by atoms with Gasteiger partial charge in [0, 0.05) is 15.1 Å². The highest BCUT2D eigenvalue weighted by molar-refractivity contribution is 9.10. The molecular formula is C14H9BrCl2O3. The molecule has 20 heavy (non-hydrogen) atoms. The van der Waals surface area contributed by atoms with E-state index in [4.69, 9.17) is 33.0 Å². The Kier molecular flexibility index (Phi) is 4.91. The molecule has 104 valence electrons. The fourth-order valence-electron chi connectivity index (χ4n) is 1.63. The highest BCUT2D eigenvalue weighted by atomic mass is 79.9. The Morgan fingerprint density at radius 3 is 2.60 bits per heavy atom. The van der Waals surface area contributed by atoms with E-state index in [0.717, 1.165) is 10.0 Å². The molecule has 2 aromatic carbocycles. The largest absolute Gasteiger partial charge is 0.486 e. The molecule has 0 fully saturated rings. The molecule has 0 radical (unpaired) electrons. The molecule has 0 atom stereocenters. The van der Waals surface area contributed by atoms with Crippen molar-refractivity contribution in [1.29, 1.82) is 0 Å². The van der Waals surface area contributed by atoms with Crippen LogP contribution in [0.4, 0.5) is 0 Å². The zero-order chi connectivity index (χ0) is 14.7. The van der Waals surface area contributed by atoms with E-state index in [-0.39, 0.29) is 28.0 Å². The number of rotatable bonds is 4. The van der Waals surface area contributed by atoms with Gasteiger partial charge in [0.1, 0.15) is 12.2 Å². The molecule has 0 spiro atoms. The molecule has 0 saturated carbocycles. The predicted molar refractivity (Wildman–Crippen MR) is 81.9 cm³/mol. The molecule has 0 bridgehead atoms. The second-order valence-corrected chi connectivity index (χ2v) is 5.65. The van der Waals surface area contributed by atoms with E-state index in [0.29, 0.717) is 0 Å². The summed E-state index contributed by atoms with van der Waals surface area (Å²) < 4.78 is 6.43. The summed E-state index contributed by atoms with van der Waals surface area (Å²) in [7, 11) is 0. The van der Waals surface area contributed by atoms with Gasteiger partial charge in [0.25, 0.3) is 0 Å². The molecule has 0 unspecified atom stereocenters. The summed E-state index contributed by atoms with van der Waals surface area (Å²) in [4.78, 5) is 11.2. The molecule has 3 nitrogen and oxygen atoms in total. The van der Waals surface area contributed by atoms with Crippen molar-refractivity contribution in [3.8, 4) is 5.75 Å². The number of carbonyl (C=O) groups is 1. The summed E-state index contributed by atoms with van der Waals surface area (Å²) in [6.07, 6.45) is 0. The summed E-state index contributed by atoms with van der Waals surface area (Å²) in [5.74, 6) is -1.03. The molecule has 0 aliphatic rings. The van der Waals surface area contributed by atoms with Gasteiger partial charge in [0.15, 0.2) is 5.75 Å². The SMILES string of the molecule is O=C(O)c1cc(Cl)cc(Cl)c1OCc1ccccc1Br. The number of carboxylic acid groups (broad SMARTS) is 1. The van der Waals surface area contributed by atoms with E-state index in [2.05, 4.69) is 15.9 Å². The van der Waals surface area contributed by atoms with Gasteiger partial charge in [-0.25, -0.2) is 4.79 Å². The number of ether oxygens (including phenoxy) is 1. The Morgan fingerprint density at radius 1 is 1.25 bits per heavy atom. The van der Waals surface area contributed by atoms with Gasteiger partial charge in [-0.1, -0.05) is 57.3 Å². The standard InChI is InChI=1S/C14H9BrCl2O3/c15-11-4-2-1-3-8(11)7-20-13-10(14(18)19)5-9(16)6-12(13)17/h1-6H,7H2,(H,18,19). The topological polar surface area (TPSA) is 46.5 Å². The van der Waals surface area contributed by atoms with E-state index in [1.165, 1.54) is 12.1 Å². The summed E-state index contributed by atoms with van der Waals surface area (Å²) in [5, 5.41) is 9.58. The first-order valence-electron chi connectivity index (χ1n) is 5.57. The third-order valence-corrected chi connectivity index (χ3v) is 3.84. The molecule has 0 saturated heterocycles. The van der Waals surface area contributed by atoms with Gasteiger partial charge in [-0.3, -0.25) is 0 Å². The van der Waals surface area contributed by atoms with Crippen LogP contribution >= 0.6 is 39.1 Å². The van der Waals surface area contributed by atoms with Gasteiger partial charge in [0.2, 0.25) is 0 Å².